The molecule has 8 nitrogen and oxygen atoms in total. The molecule has 8 heteroatoms. The normalized spacial score (nSPS) is 44.3. The minimum atomic E-state index is -0.688. The van der Waals surface area contributed by atoms with Gasteiger partial charge in [-0.2, -0.15) is 0 Å². The second-order valence-corrected chi connectivity index (χ2v) is 9.40. The second kappa shape index (κ2) is 7.71. The van der Waals surface area contributed by atoms with Crippen LogP contribution in [-0.2, 0) is 33.2 Å². The van der Waals surface area contributed by atoms with Crippen molar-refractivity contribution in [2.75, 3.05) is 6.61 Å². The van der Waals surface area contributed by atoms with E-state index in [4.69, 9.17) is 28.4 Å². The Balaban J connectivity index is 1.48. The van der Waals surface area contributed by atoms with E-state index in [1.54, 1.807) is 0 Å². The lowest BCUT2D eigenvalue weighted by atomic mass is 9.92. The third-order valence-electron chi connectivity index (χ3n) is 6.78. The van der Waals surface area contributed by atoms with Crippen molar-refractivity contribution in [1.29, 1.82) is 0 Å². The number of rotatable bonds is 1. The molecule has 4 aliphatic heterocycles. The molecule has 0 aromatic carbocycles. The van der Waals surface area contributed by atoms with Crippen molar-refractivity contribution in [1.82, 2.24) is 0 Å². The molecule has 7 atom stereocenters. The van der Waals surface area contributed by atoms with Crippen LogP contribution >= 0.6 is 0 Å². The molecule has 29 heavy (non-hydrogen) atoms. The monoisotopic (exact) mass is 412 g/mol. The van der Waals surface area contributed by atoms with Crippen molar-refractivity contribution in [3.8, 4) is 0 Å². The van der Waals surface area contributed by atoms with Gasteiger partial charge in [0.15, 0.2) is 0 Å². The molecule has 0 saturated carbocycles. The first-order valence-electron chi connectivity index (χ1n) is 10.7. The predicted molar refractivity (Wildman–Crippen MR) is 100 cm³/mol. The van der Waals surface area contributed by atoms with Crippen LogP contribution in [-0.4, -0.2) is 66.6 Å². The Morgan fingerprint density at radius 1 is 0.966 bits per heavy atom. The summed E-state index contributed by atoms with van der Waals surface area (Å²) in [5.41, 5.74) is -1.27. The van der Waals surface area contributed by atoms with Crippen LogP contribution in [0.5, 0.6) is 0 Å². The molecule has 0 spiro atoms. The number of carbonyl (C=O) groups excluding carboxylic acids is 2. The number of carbonyl (C=O) groups is 2. The highest BCUT2D eigenvalue weighted by Gasteiger charge is 2.51. The van der Waals surface area contributed by atoms with Crippen molar-refractivity contribution in [3.05, 3.63) is 0 Å². The van der Waals surface area contributed by atoms with Gasteiger partial charge in [0.05, 0.1) is 30.0 Å². The molecule has 4 saturated heterocycles. The molecule has 0 aliphatic carbocycles. The summed E-state index contributed by atoms with van der Waals surface area (Å²) in [7, 11) is 0. The molecule has 0 radical (unpaired) electrons. The van der Waals surface area contributed by atoms with Gasteiger partial charge in [0.2, 0.25) is 0 Å². The Bertz CT molecular complexity index is 649. The van der Waals surface area contributed by atoms with Crippen LogP contribution in [0.25, 0.3) is 0 Å². The Morgan fingerprint density at radius 3 is 2.38 bits per heavy atom. The van der Waals surface area contributed by atoms with E-state index in [9.17, 15) is 9.59 Å². The van der Waals surface area contributed by atoms with Crippen LogP contribution in [0.3, 0.4) is 0 Å². The smallest absolute Gasteiger partial charge is 0.460 e. The molecular weight excluding hydrogens is 380 g/mol. The van der Waals surface area contributed by atoms with Crippen molar-refractivity contribution in [2.24, 2.45) is 0 Å². The van der Waals surface area contributed by atoms with Gasteiger partial charge in [-0.15, -0.1) is 0 Å². The fraction of sp³-hybridized carbons (Fsp3) is 0.905. The summed E-state index contributed by atoms with van der Waals surface area (Å²) in [6.07, 6.45) is 2.87. The topological polar surface area (TPSA) is 89.5 Å². The summed E-state index contributed by atoms with van der Waals surface area (Å²) in [4.78, 5) is 23.1. The summed E-state index contributed by atoms with van der Waals surface area (Å²) in [5, 5.41) is 0. The largest absolute Gasteiger partial charge is 0.509 e. The number of hydrogen-bond donors (Lipinski definition) is 0. The van der Waals surface area contributed by atoms with E-state index in [0.717, 1.165) is 25.7 Å². The maximum Gasteiger partial charge on any atom is 0.509 e. The molecule has 0 bridgehead atoms. The lowest BCUT2D eigenvalue weighted by molar-refractivity contribution is -0.191. The van der Waals surface area contributed by atoms with Crippen molar-refractivity contribution < 1.29 is 38.0 Å². The molecule has 0 N–H and O–H groups in total. The molecule has 4 heterocycles. The van der Waals surface area contributed by atoms with E-state index in [0.29, 0.717) is 12.8 Å². The van der Waals surface area contributed by atoms with Gasteiger partial charge in [0, 0.05) is 6.92 Å². The SMILES string of the molecule is CC(=O)O[C@@H]1CC[C@H]2O[C@@H]3CC[C@]4(C)OC(=O)OC[C@H]4O[C@H]3CC[C@@H]2OC1(C)C. The first-order chi connectivity index (χ1) is 13.7. The van der Waals surface area contributed by atoms with Crippen molar-refractivity contribution in [3.63, 3.8) is 0 Å². The van der Waals surface area contributed by atoms with Gasteiger partial charge in [-0.1, -0.05) is 0 Å². The van der Waals surface area contributed by atoms with Crippen molar-refractivity contribution >= 4 is 12.1 Å². The van der Waals surface area contributed by atoms with Crippen molar-refractivity contribution in [2.45, 2.75) is 114 Å². The standard InChI is InChI=1S/C21H32O8/c1-12(22)25-17-8-7-14-16(28-20(17,2)3)6-5-13-15(26-14)9-10-21(4)18(27-13)11-24-19(23)29-21/h13-18H,5-11H2,1-4H3/t13-,14+,15+,16-,17+,18+,21-/m0/s1. The maximum atomic E-state index is 11.6. The van der Waals surface area contributed by atoms with Gasteiger partial charge in [-0.25, -0.2) is 4.79 Å². The third-order valence-corrected chi connectivity index (χ3v) is 6.78. The van der Waals surface area contributed by atoms with Gasteiger partial charge in [0.25, 0.3) is 0 Å². The fourth-order valence-corrected chi connectivity index (χ4v) is 5.07. The van der Waals surface area contributed by atoms with E-state index in [2.05, 4.69) is 0 Å². The highest BCUT2D eigenvalue weighted by atomic mass is 16.8. The minimum absolute atomic E-state index is 0.0760. The number of hydrogen-bond acceptors (Lipinski definition) is 8. The lowest BCUT2D eigenvalue weighted by Gasteiger charge is -2.39. The molecule has 0 amide bonds. The van der Waals surface area contributed by atoms with Crippen LogP contribution in [0, 0.1) is 0 Å². The average molecular weight is 412 g/mol. The zero-order valence-electron chi connectivity index (χ0n) is 17.7. The van der Waals surface area contributed by atoms with E-state index in [1.165, 1.54) is 6.92 Å². The Kier molecular flexibility index (Phi) is 5.55. The quantitative estimate of drug-likeness (QED) is 0.608. The highest BCUT2D eigenvalue weighted by Crippen LogP contribution is 2.41. The molecule has 0 aromatic rings. The second-order valence-electron chi connectivity index (χ2n) is 9.40. The van der Waals surface area contributed by atoms with Gasteiger partial charge < -0.3 is 28.4 Å². The summed E-state index contributed by atoms with van der Waals surface area (Å²) in [6.45, 7) is 7.49. The van der Waals surface area contributed by atoms with Crippen LogP contribution in [0.4, 0.5) is 4.79 Å². The average Bonchev–Trinajstić information content (AvgIpc) is 2.91. The van der Waals surface area contributed by atoms with E-state index in [-0.39, 0.29) is 49.2 Å². The summed E-state index contributed by atoms with van der Waals surface area (Å²) in [5.74, 6) is -0.292. The zero-order valence-corrected chi connectivity index (χ0v) is 17.7. The molecule has 164 valence electrons. The zero-order chi connectivity index (χ0) is 20.8. The molecular formula is C21H32O8. The van der Waals surface area contributed by atoms with E-state index >= 15 is 0 Å². The first kappa shape index (κ1) is 20.9. The molecule has 4 fully saturated rings. The van der Waals surface area contributed by atoms with Crippen LogP contribution < -0.4 is 0 Å². The van der Waals surface area contributed by atoms with Crippen LogP contribution in [0.2, 0.25) is 0 Å². The molecule has 0 unspecified atom stereocenters. The van der Waals surface area contributed by atoms with Gasteiger partial charge in [0.1, 0.15) is 24.4 Å². The Morgan fingerprint density at radius 2 is 1.62 bits per heavy atom. The summed E-state index contributed by atoms with van der Waals surface area (Å²) < 4.78 is 35.4. The number of cyclic esters (lactones) is 1. The number of ether oxygens (including phenoxy) is 6. The van der Waals surface area contributed by atoms with E-state index in [1.807, 2.05) is 20.8 Å². The third kappa shape index (κ3) is 4.25. The summed E-state index contributed by atoms with van der Waals surface area (Å²) in [6, 6.07) is 0. The minimum Gasteiger partial charge on any atom is -0.460 e. The van der Waals surface area contributed by atoms with E-state index < -0.39 is 17.4 Å². The Labute approximate surface area is 171 Å². The van der Waals surface area contributed by atoms with Crippen LogP contribution in [0.15, 0.2) is 0 Å². The number of esters is 1. The molecule has 4 rings (SSSR count). The molecule has 0 aromatic heterocycles. The van der Waals surface area contributed by atoms with Gasteiger partial charge in [-0.05, 0) is 59.3 Å². The van der Waals surface area contributed by atoms with Crippen LogP contribution in [0.1, 0.15) is 66.2 Å². The predicted octanol–water partition coefficient (Wildman–Crippen LogP) is 2.90. The van der Waals surface area contributed by atoms with Gasteiger partial charge >= 0.3 is 12.1 Å². The lowest BCUT2D eigenvalue weighted by Crippen LogP contribution is -2.52. The fourth-order valence-electron chi connectivity index (χ4n) is 5.07. The van der Waals surface area contributed by atoms with Gasteiger partial charge in [-0.3, -0.25) is 4.79 Å². The summed E-state index contributed by atoms with van der Waals surface area (Å²) >= 11 is 0. The number of fused-ring (bicyclic) bond motifs is 3. The highest BCUT2D eigenvalue weighted by molar-refractivity contribution is 5.66. The molecule has 4 aliphatic rings. The maximum absolute atomic E-state index is 11.6. The first-order valence-corrected chi connectivity index (χ1v) is 10.7. The Hall–Kier alpha value is -1.38.